The zero-order valence-corrected chi connectivity index (χ0v) is 20.2. The van der Waals surface area contributed by atoms with Gasteiger partial charge in [-0.05, 0) is 73.6 Å². The Morgan fingerprint density at radius 3 is 2.53 bits per heavy atom. The predicted molar refractivity (Wildman–Crippen MR) is 130 cm³/mol. The molecule has 1 aromatic carbocycles. The Labute approximate surface area is 210 Å². The fraction of sp³-hybridized carbons (Fsp3) is 0.500. The average Bonchev–Trinajstić information content (AvgIpc) is 3.15. The number of piperidine rings is 2. The number of carbonyl (C=O) groups excluding carboxylic acids is 3. The molecule has 2 atom stereocenters. The lowest BCUT2D eigenvalue weighted by molar-refractivity contribution is -0.160. The van der Waals surface area contributed by atoms with Gasteiger partial charge in [0.1, 0.15) is 17.4 Å². The molecule has 1 N–H and O–H groups in total. The van der Waals surface area contributed by atoms with Gasteiger partial charge in [0.15, 0.2) is 0 Å². The average molecular weight is 487 g/mol. The maximum absolute atomic E-state index is 13.2. The maximum atomic E-state index is 13.2. The third-order valence-electron chi connectivity index (χ3n) is 9.11. The van der Waals surface area contributed by atoms with Crippen molar-refractivity contribution in [2.24, 2.45) is 5.92 Å². The molecule has 2 bridgehead atoms. The van der Waals surface area contributed by atoms with Gasteiger partial charge >= 0.3 is 0 Å². The number of benzene rings is 1. The van der Waals surface area contributed by atoms with E-state index in [1.165, 1.54) is 12.0 Å². The summed E-state index contributed by atoms with van der Waals surface area (Å²) in [7, 11) is 0. The highest BCUT2D eigenvalue weighted by atomic mass is 16.5. The number of fused-ring (bicyclic) bond motifs is 3. The van der Waals surface area contributed by atoms with E-state index in [9.17, 15) is 14.4 Å². The molecule has 1 aromatic heterocycles. The van der Waals surface area contributed by atoms with Gasteiger partial charge in [-0.2, -0.15) is 0 Å². The van der Waals surface area contributed by atoms with Crippen LogP contribution in [-0.4, -0.2) is 63.3 Å². The molecule has 5 heterocycles. The number of pyridine rings is 1. The molecule has 0 radical (unpaired) electrons. The van der Waals surface area contributed by atoms with Gasteiger partial charge in [-0.25, -0.2) is 0 Å². The first-order valence-electron chi connectivity index (χ1n) is 13.1. The molecule has 3 saturated heterocycles. The lowest BCUT2D eigenvalue weighted by Crippen LogP contribution is -2.73. The van der Waals surface area contributed by atoms with E-state index in [0.717, 1.165) is 43.7 Å². The fourth-order valence-corrected chi connectivity index (χ4v) is 6.95. The molecule has 2 aromatic rings. The van der Waals surface area contributed by atoms with E-state index in [1.807, 2.05) is 30.6 Å². The molecule has 6 aliphatic rings. The van der Waals surface area contributed by atoms with Crippen LogP contribution in [0.1, 0.15) is 65.9 Å². The van der Waals surface area contributed by atoms with Crippen LogP contribution in [0.2, 0.25) is 0 Å². The molecular weight excluding hydrogens is 456 g/mol. The predicted octanol–water partition coefficient (Wildman–Crippen LogP) is 2.63. The third-order valence-corrected chi connectivity index (χ3v) is 9.11. The molecule has 8 heteroatoms. The van der Waals surface area contributed by atoms with Crippen molar-refractivity contribution in [1.29, 1.82) is 0 Å². The molecule has 2 saturated carbocycles. The molecule has 0 spiro atoms. The largest absolute Gasteiger partial charge is 0.489 e. The SMILES string of the molecule is O=C1NC(=O)C2(N3Cc4cc(O[C@H]5CCCC[C@H]5N5CC(c6ccncc6)C5)ccc4C3=O)CC1C2. The van der Waals surface area contributed by atoms with Crippen LogP contribution >= 0.6 is 0 Å². The Bertz CT molecular complexity index is 1240. The summed E-state index contributed by atoms with van der Waals surface area (Å²) in [5.74, 6) is 0.512. The van der Waals surface area contributed by atoms with E-state index in [-0.39, 0.29) is 29.7 Å². The summed E-state index contributed by atoms with van der Waals surface area (Å²) in [6.45, 7) is 2.49. The van der Waals surface area contributed by atoms with E-state index < -0.39 is 5.54 Å². The minimum Gasteiger partial charge on any atom is -0.489 e. The highest BCUT2D eigenvalue weighted by Gasteiger charge is 2.63. The molecule has 36 heavy (non-hydrogen) atoms. The van der Waals surface area contributed by atoms with E-state index in [4.69, 9.17) is 4.74 Å². The normalized spacial score (nSPS) is 31.9. The first kappa shape index (κ1) is 22.0. The number of aromatic nitrogens is 1. The first-order valence-corrected chi connectivity index (χ1v) is 13.1. The van der Waals surface area contributed by atoms with Gasteiger partial charge in [-0.3, -0.25) is 29.6 Å². The zero-order chi connectivity index (χ0) is 24.4. The number of hydrogen-bond acceptors (Lipinski definition) is 6. The van der Waals surface area contributed by atoms with Crippen LogP contribution in [0.4, 0.5) is 0 Å². The van der Waals surface area contributed by atoms with Crippen molar-refractivity contribution in [2.75, 3.05) is 13.1 Å². The number of rotatable bonds is 5. The quantitative estimate of drug-likeness (QED) is 0.654. The summed E-state index contributed by atoms with van der Waals surface area (Å²) in [6, 6.07) is 10.3. The molecule has 8 nitrogen and oxygen atoms in total. The highest BCUT2D eigenvalue weighted by molar-refractivity contribution is 6.10. The summed E-state index contributed by atoms with van der Waals surface area (Å²) < 4.78 is 6.57. The number of nitrogens with zero attached hydrogens (tertiary/aromatic N) is 3. The zero-order valence-electron chi connectivity index (χ0n) is 20.2. The molecule has 8 rings (SSSR count). The monoisotopic (exact) mass is 486 g/mol. The van der Waals surface area contributed by atoms with Gasteiger partial charge in [0.2, 0.25) is 5.91 Å². The van der Waals surface area contributed by atoms with Crippen molar-refractivity contribution in [2.45, 2.75) is 68.7 Å². The van der Waals surface area contributed by atoms with Crippen LogP contribution < -0.4 is 10.1 Å². The Kier molecular flexibility index (Phi) is 4.96. The van der Waals surface area contributed by atoms with E-state index in [0.29, 0.717) is 36.9 Å². The number of amides is 3. The Balaban J connectivity index is 1.04. The number of imide groups is 1. The summed E-state index contributed by atoms with van der Waals surface area (Å²) in [4.78, 5) is 46.1. The van der Waals surface area contributed by atoms with Crippen molar-refractivity contribution < 1.29 is 19.1 Å². The van der Waals surface area contributed by atoms with Crippen molar-refractivity contribution in [1.82, 2.24) is 20.1 Å². The van der Waals surface area contributed by atoms with E-state index in [2.05, 4.69) is 27.3 Å². The Morgan fingerprint density at radius 1 is 0.972 bits per heavy atom. The van der Waals surface area contributed by atoms with E-state index in [1.54, 1.807) is 4.90 Å². The number of hydrogen-bond donors (Lipinski definition) is 1. The van der Waals surface area contributed by atoms with Crippen LogP contribution in [-0.2, 0) is 16.1 Å². The van der Waals surface area contributed by atoms with Crippen molar-refractivity contribution in [3.05, 3.63) is 59.4 Å². The van der Waals surface area contributed by atoms with Gasteiger partial charge in [0.05, 0.1) is 0 Å². The Morgan fingerprint density at radius 2 is 1.75 bits per heavy atom. The van der Waals surface area contributed by atoms with Crippen molar-refractivity contribution >= 4 is 17.7 Å². The minimum atomic E-state index is -0.882. The molecule has 0 unspecified atom stereocenters. The van der Waals surface area contributed by atoms with Crippen LogP contribution in [0.15, 0.2) is 42.7 Å². The topological polar surface area (TPSA) is 91.8 Å². The van der Waals surface area contributed by atoms with Crippen LogP contribution in [0.25, 0.3) is 0 Å². The van der Waals surface area contributed by atoms with Crippen LogP contribution in [0.5, 0.6) is 5.75 Å². The van der Waals surface area contributed by atoms with Crippen LogP contribution in [0.3, 0.4) is 0 Å². The molecule has 4 aliphatic heterocycles. The number of ether oxygens (including phenoxy) is 1. The number of carbonyl (C=O) groups is 3. The van der Waals surface area contributed by atoms with Crippen molar-refractivity contribution in [3.8, 4) is 5.75 Å². The van der Waals surface area contributed by atoms with Gasteiger partial charge in [-0.15, -0.1) is 0 Å². The second-order valence-electron chi connectivity index (χ2n) is 11.1. The Hall–Kier alpha value is -3.26. The van der Waals surface area contributed by atoms with Crippen LogP contribution in [0, 0.1) is 5.92 Å². The van der Waals surface area contributed by atoms with Gasteiger partial charge in [0.25, 0.3) is 11.8 Å². The van der Waals surface area contributed by atoms with Gasteiger partial charge in [0, 0.05) is 55.5 Å². The lowest BCUT2D eigenvalue weighted by atomic mass is 9.63. The molecule has 2 aliphatic carbocycles. The molecular formula is C28H30N4O4. The maximum Gasteiger partial charge on any atom is 0.255 e. The highest BCUT2D eigenvalue weighted by Crippen LogP contribution is 2.49. The number of likely N-dealkylation sites (tertiary alicyclic amines) is 1. The smallest absolute Gasteiger partial charge is 0.255 e. The minimum absolute atomic E-state index is 0.127. The summed E-state index contributed by atoms with van der Waals surface area (Å²) in [6.07, 6.45) is 9.29. The molecule has 3 amide bonds. The second-order valence-corrected chi connectivity index (χ2v) is 11.1. The summed E-state index contributed by atoms with van der Waals surface area (Å²) in [5, 5.41) is 2.45. The number of nitrogens with one attached hydrogen (secondary N) is 1. The van der Waals surface area contributed by atoms with Crippen molar-refractivity contribution in [3.63, 3.8) is 0 Å². The third kappa shape index (κ3) is 3.30. The first-order chi connectivity index (χ1) is 17.5. The van der Waals surface area contributed by atoms with Gasteiger partial charge < -0.3 is 9.64 Å². The fourth-order valence-electron chi connectivity index (χ4n) is 6.95. The van der Waals surface area contributed by atoms with E-state index >= 15 is 0 Å². The lowest BCUT2D eigenvalue weighted by Gasteiger charge is -2.53. The standard InChI is InChI=1S/C28H30N4O4/c33-25-19-12-28(13-19,27(35)30-25)32-16-18-11-21(5-6-22(18)26(32)34)36-24-4-2-1-3-23(24)31-14-20(15-31)17-7-9-29-10-8-17/h5-11,19-20,23-24H,1-4,12-16H2,(H,30,33,35)/t19?,23-,24+,28?/m1/s1. The molecule has 186 valence electrons. The second kappa shape index (κ2) is 8.13. The van der Waals surface area contributed by atoms with Gasteiger partial charge in [-0.1, -0.05) is 6.42 Å². The summed E-state index contributed by atoms with van der Waals surface area (Å²) in [5.41, 5.74) is 2.00. The summed E-state index contributed by atoms with van der Waals surface area (Å²) >= 11 is 0. The molecule has 5 fully saturated rings.